The van der Waals surface area contributed by atoms with Gasteiger partial charge in [-0.05, 0) is 49.2 Å². The summed E-state index contributed by atoms with van der Waals surface area (Å²) in [5.74, 6) is 0.754. The number of methoxy groups -OCH3 is 1. The van der Waals surface area contributed by atoms with E-state index in [2.05, 4.69) is 5.32 Å². The summed E-state index contributed by atoms with van der Waals surface area (Å²) >= 11 is 0. The van der Waals surface area contributed by atoms with Crippen molar-refractivity contribution in [2.75, 3.05) is 12.0 Å². The number of nitrogens with zero attached hydrogens (tertiary/aromatic N) is 1. The van der Waals surface area contributed by atoms with Crippen molar-refractivity contribution in [1.29, 1.82) is 0 Å². The van der Waals surface area contributed by atoms with E-state index in [0.717, 1.165) is 22.6 Å². The van der Waals surface area contributed by atoms with Gasteiger partial charge in [-0.15, -0.1) is 0 Å². The van der Waals surface area contributed by atoms with Crippen LogP contribution in [-0.4, -0.2) is 19.2 Å². The van der Waals surface area contributed by atoms with Crippen molar-refractivity contribution < 1.29 is 9.53 Å². The van der Waals surface area contributed by atoms with Crippen LogP contribution in [0.2, 0.25) is 0 Å². The molecule has 2 atom stereocenters. The normalized spacial score (nSPS) is 12.9. The third-order valence-electron chi connectivity index (χ3n) is 4.98. The molecule has 0 aliphatic heterocycles. The second-order valence-electron chi connectivity index (χ2n) is 7.16. The number of hydrogen-bond donors (Lipinski definition) is 1. The maximum Gasteiger partial charge on any atom is 0.322 e. The zero-order valence-corrected chi connectivity index (χ0v) is 17.7. The van der Waals surface area contributed by atoms with E-state index >= 15 is 0 Å². The fourth-order valence-electron chi connectivity index (χ4n) is 3.26. The molecule has 0 saturated heterocycles. The first-order valence-electron chi connectivity index (χ1n) is 10.1. The highest BCUT2D eigenvalue weighted by Gasteiger charge is 2.22. The average Bonchev–Trinajstić information content (AvgIpc) is 2.79. The van der Waals surface area contributed by atoms with Gasteiger partial charge in [0.05, 0.1) is 19.2 Å². The van der Waals surface area contributed by atoms with Crippen LogP contribution in [0.4, 0.5) is 10.5 Å². The van der Waals surface area contributed by atoms with E-state index in [4.69, 9.17) is 4.74 Å². The number of benzene rings is 3. The number of carbonyl (C=O) groups excluding carboxylic acids is 1. The van der Waals surface area contributed by atoms with Gasteiger partial charge in [0.2, 0.25) is 0 Å². The monoisotopic (exact) mass is 400 g/mol. The van der Waals surface area contributed by atoms with Crippen molar-refractivity contribution in [3.63, 3.8) is 0 Å². The topological polar surface area (TPSA) is 41.6 Å². The second kappa shape index (κ2) is 10.3. The summed E-state index contributed by atoms with van der Waals surface area (Å²) in [7, 11) is 1.63. The summed E-state index contributed by atoms with van der Waals surface area (Å²) < 4.78 is 5.26. The lowest BCUT2D eigenvalue weighted by molar-refractivity contribution is 0.242. The van der Waals surface area contributed by atoms with Gasteiger partial charge >= 0.3 is 6.03 Å². The Morgan fingerprint density at radius 3 is 2.10 bits per heavy atom. The molecule has 2 amide bonds. The van der Waals surface area contributed by atoms with E-state index in [0.29, 0.717) is 0 Å². The number of hydrogen-bond acceptors (Lipinski definition) is 2. The predicted octanol–water partition coefficient (Wildman–Crippen LogP) is 6.07. The molecule has 3 aromatic carbocycles. The number of rotatable bonds is 7. The minimum atomic E-state index is -0.151. The maximum atomic E-state index is 13.3. The van der Waals surface area contributed by atoms with Crippen molar-refractivity contribution in [2.24, 2.45) is 0 Å². The Balaban J connectivity index is 1.84. The molecule has 3 rings (SSSR count). The van der Waals surface area contributed by atoms with Crippen LogP contribution >= 0.6 is 0 Å². The first-order chi connectivity index (χ1) is 14.6. The van der Waals surface area contributed by atoms with Crippen LogP contribution in [0, 0.1) is 0 Å². The molecule has 0 spiro atoms. The number of anilines is 1. The molecule has 0 aliphatic rings. The summed E-state index contributed by atoms with van der Waals surface area (Å²) in [6, 6.07) is 27.1. The molecule has 3 aromatic rings. The Hall–Kier alpha value is -3.53. The molecule has 30 heavy (non-hydrogen) atoms. The van der Waals surface area contributed by atoms with Gasteiger partial charge in [-0.2, -0.15) is 0 Å². The van der Waals surface area contributed by atoms with Crippen molar-refractivity contribution in [1.82, 2.24) is 5.32 Å². The highest BCUT2D eigenvalue weighted by molar-refractivity contribution is 5.93. The lowest BCUT2D eigenvalue weighted by Crippen LogP contribution is -2.45. The van der Waals surface area contributed by atoms with Gasteiger partial charge in [0.1, 0.15) is 5.75 Å². The van der Waals surface area contributed by atoms with Crippen LogP contribution in [-0.2, 0) is 0 Å². The molecule has 4 nitrogen and oxygen atoms in total. The highest BCUT2D eigenvalue weighted by atomic mass is 16.5. The molecule has 4 heteroatoms. The molecule has 0 radical (unpaired) electrons. The van der Waals surface area contributed by atoms with Gasteiger partial charge in [0.15, 0.2) is 0 Å². The van der Waals surface area contributed by atoms with Crippen LogP contribution in [0.3, 0.4) is 0 Å². The Labute approximate surface area is 178 Å². The van der Waals surface area contributed by atoms with Crippen molar-refractivity contribution in [3.05, 3.63) is 102 Å². The summed E-state index contributed by atoms with van der Waals surface area (Å²) in [5, 5.41) is 3.12. The molecular weight excluding hydrogens is 372 g/mol. The van der Waals surface area contributed by atoms with Gasteiger partial charge < -0.3 is 10.1 Å². The van der Waals surface area contributed by atoms with E-state index in [1.165, 1.54) is 0 Å². The molecule has 0 unspecified atom stereocenters. The van der Waals surface area contributed by atoms with Gasteiger partial charge in [0.25, 0.3) is 0 Å². The zero-order valence-electron chi connectivity index (χ0n) is 17.7. The number of carbonyl (C=O) groups is 1. The maximum absolute atomic E-state index is 13.3. The number of ether oxygens (including phenoxy) is 1. The van der Waals surface area contributed by atoms with Gasteiger partial charge in [-0.25, -0.2) is 4.79 Å². The lowest BCUT2D eigenvalue weighted by atomic mass is 10.1. The fraction of sp³-hybridized carbons (Fsp3) is 0.192. The minimum Gasteiger partial charge on any atom is -0.497 e. The smallest absolute Gasteiger partial charge is 0.322 e. The fourth-order valence-corrected chi connectivity index (χ4v) is 3.26. The second-order valence-corrected chi connectivity index (χ2v) is 7.16. The summed E-state index contributed by atoms with van der Waals surface area (Å²) in [4.78, 5) is 15.0. The number of amides is 2. The molecule has 154 valence electrons. The third-order valence-corrected chi connectivity index (χ3v) is 4.98. The zero-order chi connectivity index (χ0) is 21.3. The van der Waals surface area contributed by atoms with E-state index in [1.54, 1.807) is 12.0 Å². The minimum absolute atomic E-state index is 0.107. The van der Waals surface area contributed by atoms with E-state index in [-0.39, 0.29) is 18.1 Å². The molecular formula is C26H28N2O2. The molecule has 0 aliphatic carbocycles. The largest absolute Gasteiger partial charge is 0.497 e. The predicted molar refractivity (Wildman–Crippen MR) is 124 cm³/mol. The Morgan fingerprint density at radius 1 is 0.900 bits per heavy atom. The average molecular weight is 401 g/mol. The van der Waals surface area contributed by atoms with Crippen LogP contribution in [0.5, 0.6) is 5.75 Å². The van der Waals surface area contributed by atoms with Gasteiger partial charge in [-0.3, -0.25) is 4.90 Å². The van der Waals surface area contributed by atoms with Crippen LogP contribution in [0.1, 0.15) is 31.0 Å². The van der Waals surface area contributed by atoms with E-state index in [9.17, 15) is 4.79 Å². The quantitative estimate of drug-likeness (QED) is 0.523. The number of urea groups is 1. The van der Waals surface area contributed by atoms with Crippen LogP contribution in [0.25, 0.3) is 6.08 Å². The molecule has 0 saturated carbocycles. The van der Waals surface area contributed by atoms with Crippen molar-refractivity contribution in [2.45, 2.75) is 25.9 Å². The van der Waals surface area contributed by atoms with E-state index in [1.807, 2.05) is 111 Å². The van der Waals surface area contributed by atoms with Crippen LogP contribution in [0.15, 0.2) is 91.0 Å². The Bertz CT molecular complexity index is 953. The molecule has 0 bridgehead atoms. The molecule has 0 heterocycles. The highest BCUT2D eigenvalue weighted by Crippen LogP contribution is 2.23. The van der Waals surface area contributed by atoms with Crippen molar-refractivity contribution >= 4 is 17.8 Å². The summed E-state index contributed by atoms with van der Waals surface area (Å²) in [6.07, 6.45) is 4.07. The summed E-state index contributed by atoms with van der Waals surface area (Å²) in [5.41, 5.74) is 2.96. The lowest BCUT2D eigenvalue weighted by Gasteiger charge is -2.29. The molecule has 1 N–H and O–H groups in total. The molecule has 0 aromatic heterocycles. The Kier molecular flexibility index (Phi) is 7.28. The summed E-state index contributed by atoms with van der Waals surface area (Å²) in [6.45, 7) is 4.00. The first-order valence-corrected chi connectivity index (χ1v) is 10.1. The van der Waals surface area contributed by atoms with Gasteiger partial charge in [-0.1, -0.05) is 72.8 Å². The van der Waals surface area contributed by atoms with Gasteiger partial charge in [0, 0.05) is 5.69 Å². The SMILES string of the molecule is COc1ccc(N(C(=O)N[C@@H](C)c2ccccc2)[C@H](C)/C=C/c2ccccc2)cc1. The molecule has 0 fully saturated rings. The van der Waals surface area contributed by atoms with Crippen molar-refractivity contribution in [3.8, 4) is 5.75 Å². The van der Waals surface area contributed by atoms with Crippen LogP contribution < -0.4 is 15.0 Å². The first kappa shape index (κ1) is 21.2. The third kappa shape index (κ3) is 5.51. The van der Waals surface area contributed by atoms with E-state index < -0.39 is 0 Å². The number of nitrogens with one attached hydrogen (secondary N) is 1. The standard InChI is InChI=1S/C26H28N2O2/c1-20(14-15-22-10-6-4-7-11-22)28(24-16-18-25(30-3)19-17-24)26(29)27-21(2)23-12-8-5-9-13-23/h4-21H,1-3H3,(H,27,29)/b15-14+/t20-,21+/m1/s1. The Morgan fingerprint density at radius 2 is 1.50 bits per heavy atom.